The molecule has 2 unspecified atom stereocenters. The van der Waals surface area contributed by atoms with Crippen LogP contribution in [0, 0.1) is 11.8 Å². The SMILES string of the molecule is CCCCCCCCCCCCC(CCCCCCCCCCC)COC(=O)C(C)CCC. The lowest BCUT2D eigenvalue weighted by atomic mass is 9.94. The molecule has 198 valence electrons. The summed E-state index contributed by atoms with van der Waals surface area (Å²) in [5, 5.41) is 0. The molecule has 0 aromatic carbocycles. The minimum absolute atomic E-state index is 0.0250. The molecular formula is C31H62O2. The largest absolute Gasteiger partial charge is 0.465 e. The fraction of sp³-hybridized carbons (Fsp3) is 0.968. The molecule has 0 amide bonds. The molecule has 0 aliphatic heterocycles. The summed E-state index contributed by atoms with van der Waals surface area (Å²) in [6.07, 6.45) is 30.8. The molecule has 0 radical (unpaired) electrons. The quantitative estimate of drug-likeness (QED) is 0.0935. The van der Waals surface area contributed by atoms with Crippen molar-refractivity contribution in [3.63, 3.8) is 0 Å². The summed E-state index contributed by atoms with van der Waals surface area (Å²) in [6, 6.07) is 0. The van der Waals surface area contributed by atoms with Crippen LogP contribution in [0.5, 0.6) is 0 Å². The summed E-state index contributed by atoms with van der Waals surface area (Å²) >= 11 is 0. The molecule has 0 aromatic heterocycles. The maximum Gasteiger partial charge on any atom is 0.308 e. The van der Waals surface area contributed by atoms with Crippen molar-refractivity contribution in [1.29, 1.82) is 0 Å². The average molecular weight is 467 g/mol. The van der Waals surface area contributed by atoms with Gasteiger partial charge < -0.3 is 4.74 Å². The number of carbonyl (C=O) groups excluding carboxylic acids is 1. The summed E-state index contributed by atoms with van der Waals surface area (Å²) < 4.78 is 5.75. The zero-order valence-corrected chi connectivity index (χ0v) is 23.4. The lowest BCUT2D eigenvalue weighted by Crippen LogP contribution is -2.19. The first-order valence-electron chi connectivity index (χ1n) is 15.3. The highest BCUT2D eigenvalue weighted by Crippen LogP contribution is 2.21. The summed E-state index contributed by atoms with van der Waals surface area (Å²) in [6.45, 7) is 9.38. The summed E-state index contributed by atoms with van der Waals surface area (Å²) in [7, 11) is 0. The Kier molecular flexibility index (Phi) is 25.7. The van der Waals surface area contributed by atoms with Crippen molar-refractivity contribution >= 4 is 5.97 Å². The van der Waals surface area contributed by atoms with Gasteiger partial charge in [0.25, 0.3) is 0 Å². The summed E-state index contributed by atoms with van der Waals surface area (Å²) in [4.78, 5) is 12.3. The van der Waals surface area contributed by atoms with Crippen LogP contribution in [0.25, 0.3) is 0 Å². The first-order chi connectivity index (χ1) is 16.2. The van der Waals surface area contributed by atoms with E-state index in [1.54, 1.807) is 0 Å². The van der Waals surface area contributed by atoms with Crippen LogP contribution in [0.15, 0.2) is 0 Å². The fourth-order valence-corrected chi connectivity index (χ4v) is 4.87. The number of esters is 1. The minimum atomic E-state index is 0.0250. The van der Waals surface area contributed by atoms with Crippen LogP contribution >= 0.6 is 0 Å². The third-order valence-electron chi connectivity index (χ3n) is 7.27. The Bertz CT molecular complexity index is 392. The first kappa shape index (κ1) is 32.5. The van der Waals surface area contributed by atoms with Gasteiger partial charge in [-0.25, -0.2) is 0 Å². The maximum atomic E-state index is 12.3. The third kappa shape index (κ3) is 23.0. The van der Waals surface area contributed by atoms with E-state index in [4.69, 9.17) is 4.74 Å². The minimum Gasteiger partial charge on any atom is -0.465 e. The van der Waals surface area contributed by atoms with Crippen LogP contribution in [-0.4, -0.2) is 12.6 Å². The Balaban J connectivity index is 4.01. The zero-order chi connectivity index (χ0) is 24.4. The van der Waals surface area contributed by atoms with E-state index < -0.39 is 0 Å². The van der Waals surface area contributed by atoms with E-state index in [-0.39, 0.29) is 11.9 Å². The van der Waals surface area contributed by atoms with E-state index in [0.717, 1.165) is 12.8 Å². The molecule has 2 heteroatoms. The molecule has 0 saturated heterocycles. The van der Waals surface area contributed by atoms with Gasteiger partial charge in [-0.15, -0.1) is 0 Å². The van der Waals surface area contributed by atoms with Crippen molar-refractivity contribution < 1.29 is 9.53 Å². The van der Waals surface area contributed by atoms with Crippen LogP contribution < -0.4 is 0 Å². The molecule has 0 bridgehead atoms. The van der Waals surface area contributed by atoms with E-state index in [9.17, 15) is 4.79 Å². The number of unbranched alkanes of at least 4 members (excludes halogenated alkanes) is 17. The van der Waals surface area contributed by atoms with Gasteiger partial charge in [0.2, 0.25) is 0 Å². The molecule has 2 atom stereocenters. The fourth-order valence-electron chi connectivity index (χ4n) is 4.87. The summed E-state index contributed by atoms with van der Waals surface area (Å²) in [5.74, 6) is 0.652. The lowest BCUT2D eigenvalue weighted by Gasteiger charge is -2.19. The van der Waals surface area contributed by atoms with Gasteiger partial charge in [-0.3, -0.25) is 4.79 Å². The predicted molar refractivity (Wildman–Crippen MR) is 147 cm³/mol. The van der Waals surface area contributed by atoms with Gasteiger partial charge in [-0.2, -0.15) is 0 Å². The van der Waals surface area contributed by atoms with Crippen LogP contribution in [-0.2, 0) is 9.53 Å². The molecule has 0 heterocycles. The molecule has 2 nitrogen and oxygen atoms in total. The van der Waals surface area contributed by atoms with Gasteiger partial charge in [-0.05, 0) is 25.2 Å². The molecule has 0 spiro atoms. The lowest BCUT2D eigenvalue weighted by molar-refractivity contribution is -0.149. The molecule has 0 aliphatic carbocycles. The van der Waals surface area contributed by atoms with Crippen LogP contribution in [0.4, 0.5) is 0 Å². The monoisotopic (exact) mass is 466 g/mol. The second-order valence-corrected chi connectivity index (χ2v) is 10.8. The van der Waals surface area contributed by atoms with Crippen molar-refractivity contribution in [3.8, 4) is 0 Å². The Hall–Kier alpha value is -0.530. The van der Waals surface area contributed by atoms with Crippen LogP contribution in [0.2, 0.25) is 0 Å². The Labute approximate surface area is 209 Å². The van der Waals surface area contributed by atoms with Gasteiger partial charge in [0.1, 0.15) is 0 Å². The smallest absolute Gasteiger partial charge is 0.308 e. The third-order valence-corrected chi connectivity index (χ3v) is 7.27. The molecule has 33 heavy (non-hydrogen) atoms. The van der Waals surface area contributed by atoms with Gasteiger partial charge in [-0.1, -0.05) is 156 Å². The Morgan fingerprint density at radius 1 is 0.515 bits per heavy atom. The average Bonchev–Trinajstić information content (AvgIpc) is 2.81. The molecular weight excluding hydrogens is 404 g/mol. The summed E-state index contributed by atoms with van der Waals surface area (Å²) in [5.41, 5.74) is 0. The Morgan fingerprint density at radius 2 is 0.879 bits per heavy atom. The highest BCUT2D eigenvalue weighted by molar-refractivity contribution is 5.71. The van der Waals surface area contributed by atoms with Crippen molar-refractivity contribution in [3.05, 3.63) is 0 Å². The van der Waals surface area contributed by atoms with E-state index >= 15 is 0 Å². The van der Waals surface area contributed by atoms with E-state index in [0.29, 0.717) is 12.5 Å². The Morgan fingerprint density at radius 3 is 1.24 bits per heavy atom. The van der Waals surface area contributed by atoms with Crippen molar-refractivity contribution in [2.75, 3.05) is 6.61 Å². The highest BCUT2D eigenvalue weighted by atomic mass is 16.5. The number of hydrogen-bond donors (Lipinski definition) is 0. The second-order valence-electron chi connectivity index (χ2n) is 10.8. The van der Waals surface area contributed by atoms with Gasteiger partial charge >= 0.3 is 5.97 Å². The zero-order valence-electron chi connectivity index (χ0n) is 23.4. The standard InChI is InChI=1S/C31H62O2/c1-5-8-10-12-14-16-18-20-22-24-27-30(28-33-31(32)29(4)25-7-3)26-23-21-19-17-15-13-11-9-6-2/h29-30H,5-28H2,1-4H3. The molecule has 0 N–H and O–H groups in total. The van der Waals surface area contributed by atoms with Gasteiger partial charge in [0.15, 0.2) is 0 Å². The maximum absolute atomic E-state index is 12.3. The van der Waals surface area contributed by atoms with Gasteiger partial charge in [0.05, 0.1) is 12.5 Å². The predicted octanol–water partition coefficient (Wildman–Crippen LogP) is 10.8. The number of carbonyl (C=O) groups is 1. The first-order valence-corrected chi connectivity index (χ1v) is 15.3. The number of rotatable bonds is 26. The van der Waals surface area contributed by atoms with E-state index in [1.165, 1.54) is 135 Å². The number of ether oxygens (including phenoxy) is 1. The van der Waals surface area contributed by atoms with Crippen LogP contribution in [0.3, 0.4) is 0 Å². The highest BCUT2D eigenvalue weighted by Gasteiger charge is 2.16. The number of hydrogen-bond acceptors (Lipinski definition) is 2. The second kappa shape index (κ2) is 26.1. The van der Waals surface area contributed by atoms with Crippen molar-refractivity contribution in [2.24, 2.45) is 11.8 Å². The topological polar surface area (TPSA) is 26.3 Å². The normalized spacial score (nSPS) is 13.2. The van der Waals surface area contributed by atoms with Gasteiger partial charge in [0, 0.05) is 0 Å². The molecule has 0 rings (SSSR count). The molecule has 0 aromatic rings. The molecule has 0 saturated carbocycles. The molecule has 0 fully saturated rings. The molecule has 0 aliphatic rings. The van der Waals surface area contributed by atoms with Crippen molar-refractivity contribution in [1.82, 2.24) is 0 Å². The van der Waals surface area contributed by atoms with Crippen LogP contribution in [0.1, 0.15) is 175 Å². The van der Waals surface area contributed by atoms with E-state index in [2.05, 4.69) is 20.8 Å². The van der Waals surface area contributed by atoms with E-state index in [1.807, 2.05) is 6.92 Å². The van der Waals surface area contributed by atoms with Crippen molar-refractivity contribution in [2.45, 2.75) is 175 Å².